The average molecular weight is 563 g/mol. The van der Waals surface area contributed by atoms with Crippen molar-refractivity contribution in [2.75, 3.05) is 0 Å². The van der Waals surface area contributed by atoms with Gasteiger partial charge in [-0.15, -0.1) is 0 Å². The summed E-state index contributed by atoms with van der Waals surface area (Å²) in [5.74, 6) is -3.42. The molecule has 0 aliphatic carbocycles. The monoisotopic (exact) mass is 562 g/mol. The highest BCUT2D eigenvalue weighted by atomic mass is 16.4. The van der Waals surface area contributed by atoms with Crippen LogP contribution in [0.3, 0.4) is 0 Å². The van der Waals surface area contributed by atoms with E-state index in [1.807, 2.05) is 0 Å². The number of carbonyl (C=O) groups is 2. The Bertz CT molecular complexity index is 570. The smallest absolute Gasteiger partial charge is 0.307 e. The second-order valence-corrected chi connectivity index (χ2v) is 11.9. The first-order valence-electron chi connectivity index (χ1n) is 17.3. The van der Waals surface area contributed by atoms with Gasteiger partial charge in [-0.05, 0) is 64.2 Å². The number of allylic oxidation sites excluding steroid dienone is 4. The maximum absolute atomic E-state index is 11.9. The predicted octanol–water partition coefficient (Wildman–Crippen LogP) is 11.7. The minimum absolute atomic E-state index is 0.476. The molecule has 0 saturated carbocycles. The number of unbranched alkanes of at least 4 members (excludes halogenated alkanes) is 20. The van der Waals surface area contributed by atoms with E-state index in [9.17, 15) is 19.8 Å². The second-order valence-electron chi connectivity index (χ2n) is 11.9. The highest BCUT2D eigenvalue weighted by Gasteiger charge is 2.32. The Morgan fingerprint density at radius 2 is 0.675 bits per heavy atom. The molecule has 0 bridgehead atoms. The first-order chi connectivity index (χ1) is 19.5. The lowest BCUT2D eigenvalue weighted by atomic mass is 9.84. The van der Waals surface area contributed by atoms with Crippen LogP contribution in [0.1, 0.15) is 181 Å². The third-order valence-electron chi connectivity index (χ3n) is 8.17. The van der Waals surface area contributed by atoms with Gasteiger partial charge in [0, 0.05) is 0 Å². The molecular formula is C36H66O4. The van der Waals surface area contributed by atoms with E-state index in [2.05, 4.69) is 38.2 Å². The Morgan fingerprint density at radius 3 is 0.950 bits per heavy atom. The van der Waals surface area contributed by atoms with Gasteiger partial charge in [0.15, 0.2) is 0 Å². The zero-order valence-electron chi connectivity index (χ0n) is 26.6. The molecule has 0 rings (SSSR count). The molecule has 2 N–H and O–H groups in total. The number of hydrogen-bond donors (Lipinski definition) is 2. The lowest BCUT2D eigenvalue weighted by molar-refractivity contribution is -0.154. The largest absolute Gasteiger partial charge is 0.481 e. The number of rotatable bonds is 31. The van der Waals surface area contributed by atoms with Crippen molar-refractivity contribution in [3.05, 3.63) is 24.3 Å². The quantitative estimate of drug-likeness (QED) is 0.0651. The van der Waals surface area contributed by atoms with Gasteiger partial charge in [-0.1, -0.05) is 141 Å². The van der Waals surface area contributed by atoms with Crippen molar-refractivity contribution in [3.63, 3.8) is 0 Å². The van der Waals surface area contributed by atoms with Crippen LogP contribution < -0.4 is 0 Å². The molecule has 0 heterocycles. The standard InChI is InChI=1S/C36H66O4/c1-3-5-7-9-11-13-15-17-19-21-23-25-27-29-31-33(35(37)38)34(36(39)40)32-30-28-26-24-22-20-18-16-14-12-10-8-6-4-2/h17-20,33-34H,3-16,21-32H2,1-2H3,(H,37,38)(H,39,40). The minimum Gasteiger partial charge on any atom is -0.481 e. The lowest BCUT2D eigenvalue weighted by Gasteiger charge is -2.20. The van der Waals surface area contributed by atoms with Gasteiger partial charge in [0.05, 0.1) is 11.8 Å². The Balaban J connectivity index is 3.93. The van der Waals surface area contributed by atoms with Crippen molar-refractivity contribution in [2.24, 2.45) is 11.8 Å². The molecule has 4 nitrogen and oxygen atoms in total. The Kier molecular flexibility index (Phi) is 29.2. The van der Waals surface area contributed by atoms with Crippen LogP contribution in [0.4, 0.5) is 0 Å². The van der Waals surface area contributed by atoms with Crippen molar-refractivity contribution in [1.29, 1.82) is 0 Å². The summed E-state index contributed by atoms with van der Waals surface area (Å²) in [6.45, 7) is 4.50. The fraction of sp³-hybridized carbons (Fsp3) is 0.833. The van der Waals surface area contributed by atoms with E-state index < -0.39 is 23.8 Å². The summed E-state index contributed by atoms with van der Waals surface area (Å²) in [5, 5.41) is 19.5. The topological polar surface area (TPSA) is 74.6 Å². The molecule has 4 heteroatoms. The van der Waals surface area contributed by atoms with Crippen LogP contribution in [0.25, 0.3) is 0 Å². The Labute approximate surface area is 248 Å². The van der Waals surface area contributed by atoms with Gasteiger partial charge in [0.25, 0.3) is 0 Å². The highest BCUT2D eigenvalue weighted by molar-refractivity contribution is 5.79. The van der Waals surface area contributed by atoms with E-state index in [1.165, 1.54) is 89.9 Å². The normalized spacial score (nSPS) is 13.3. The minimum atomic E-state index is -0.944. The van der Waals surface area contributed by atoms with Gasteiger partial charge in [0.1, 0.15) is 0 Å². The van der Waals surface area contributed by atoms with Crippen molar-refractivity contribution >= 4 is 11.9 Å². The average Bonchev–Trinajstić information content (AvgIpc) is 2.93. The maximum atomic E-state index is 11.9. The molecule has 0 aromatic carbocycles. The first-order valence-corrected chi connectivity index (χ1v) is 17.3. The van der Waals surface area contributed by atoms with Crippen LogP contribution in [0.15, 0.2) is 24.3 Å². The Morgan fingerprint density at radius 1 is 0.425 bits per heavy atom. The molecular weight excluding hydrogens is 496 g/mol. The first kappa shape index (κ1) is 38.4. The zero-order valence-corrected chi connectivity index (χ0v) is 26.6. The van der Waals surface area contributed by atoms with Gasteiger partial charge in [-0.25, -0.2) is 0 Å². The number of carboxylic acids is 2. The molecule has 234 valence electrons. The third-order valence-corrected chi connectivity index (χ3v) is 8.17. The maximum Gasteiger partial charge on any atom is 0.307 e. The van der Waals surface area contributed by atoms with Crippen LogP contribution in [0, 0.1) is 11.8 Å². The van der Waals surface area contributed by atoms with Gasteiger partial charge in [-0.2, -0.15) is 0 Å². The predicted molar refractivity (Wildman–Crippen MR) is 172 cm³/mol. The molecule has 0 aromatic rings. The van der Waals surface area contributed by atoms with Gasteiger partial charge >= 0.3 is 11.9 Å². The van der Waals surface area contributed by atoms with Crippen molar-refractivity contribution in [3.8, 4) is 0 Å². The molecule has 0 fully saturated rings. The number of aliphatic carboxylic acids is 2. The van der Waals surface area contributed by atoms with E-state index >= 15 is 0 Å². The van der Waals surface area contributed by atoms with Crippen LogP contribution in [-0.4, -0.2) is 22.2 Å². The second kappa shape index (κ2) is 30.4. The zero-order chi connectivity index (χ0) is 29.5. The summed E-state index contributed by atoms with van der Waals surface area (Å²) < 4.78 is 0. The van der Waals surface area contributed by atoms with Crippen molar-refractivity contribution < 1.29 is 19.8 Å². The Hall–Kier alpha value is -1.58. The van der Waals surface area contributed by atoms with Gasteiger partial charge in [-0.3, -0.25) is 9.59 Å². The molecule has 0 saturated heterocycles. The van der Waals surface area contributed by atoms with Gasteiger partial charge < -0.3 is 10.2 Å². The van der Waals surface area contributed by atoms with Crippen LogP contribution in [-0.2, 0) is 9.59 Å². The molecule has 2 atom stereocenters. The van der Waals surface area contributed by atoms with E-state index in [-0.39, 0.29) is 0 Å². The van der Waals surface area contributed by atoms with E-state index in [0.29, 0.717) is 12.8 Å². The molecule has 0 spiro atoms. The summed E-state index contributed by atoms with van der Waals surface area (Å²) >= 11 is 0. The summed E-state index contributed by atoms with van der Waals surface area (Å²) in [6, 6.07) is 0. The van der Waals surface area contributed by atoms with Crippen LogP contribution >= 0.6 is 0 Å². The van der Waals surface area contributed by atoms with Crippen LogP contribution in [0.5, 0.6) is 0 Å². The molecule has 0 aromatic heterocycles. The third kappa shape index (κ3) is 25.4. The van der Waals surface area contributed by atoms with Crippen molar-refractivity contribution in [2.45, 2.75) is 181 Å². The summed E-state index contributed by atoms with van der Waals surface area (Å²) in [4.78, 5) is 23.8. The fourth-order valence-electron chi connectivity index (χ4n) is 5.51. The summed E-state index contributed by atoms with van der Waals surface area (Å²) in [6.07, 6.45) is 38.7. The molecule has 40 heavy (non-hydrogen) atoms. The van der Waals surface area contributed by atoms with Gasteiger partial charge in [0.2, 0.25) is 0 Å². The molecule has 0 aliphatic heterocycles. The van der Waals surface area contributed by atoms with Crippen molar-refractivity contribution in [1.82, 2.24) is 0 Å². The molecule has 0 amide bonds. The SMILES string of the molecule is CCCCCCCCC=CCCCCCCC(C(=O)O)C(CCCCCCC=CCCCCCCCC)C(=O)O. The van der Waals surface area contributed by atoms with Crippen LogP contribution in [0.2, 0.25) is 0 Å². The molecule has 0 radical (unpaired) electrons. The highest BCUT2D eigenvalue weighted by Crippen LogP contribution is 2.26. The van der Waals surface area contributed by atoms with E-state index in [4.69, 9.17) is 0 Å². The summed E-state index contributed by atoms with van der Waals surface area (Å²) in [7, 11) is 0. The van der Waals surface area contributed by atoms with E-state index in [1.54, 1.807) is 0 Å². The molecule has 0 aliphatic rings. The number of carboxylic acid groups (broad SMARTS) is 2. The van der Waals surface area contributed by atoms with E-state index in [0.717, 1.165) is 64.2 Å². The molecule has 2 unspecified atom stereocenters. The number of hydrogen-bond acceptors (Lipinski definition) is 2. The fourth-order valence-corrected chi connectivity index (χ4v) is 5.51. The lowest BCUT2D eigenvalue weighted by Crippen LogP contribution is -2.30. The summed E-state index contributed by atoms with van der Waals surface area (Å²) in [5.41, 5.74) is 0.